The van der Waals surface area contributed by atoms with Crippen LogP contribution in [0.1, 0.15) is 44.9 Å². The van der Waals surface area contributed by atoms with E-state index in [0.29, 0.717) is 5.92 Å². The third-order valence-corrected chi connectivity index (χ3v) is 5.64. The topological polar surface area (TPSA) is 3.24 Å². The predicted octanol–water partition coefficient (Wildman–Crippen LogP) is 6.24. The van der Waals surface area contributed by atoms with Crippen LogP contribution in [0.5, 0.6) is 0 Å². The van der Waals surface area contributed by atoms with E-state index in [1.165, 1.54) is 6.42 Å². The second-order valence-electron chi connectivity index (χ2n) is 6.96. The average molecular weight is 326 g/mol. The molecule has 0 saturated carbocycles. The number of likely N-dealkylation sites (tertiary alicyclic amines) is 1. The van der Waals surface area contributed by atoms with E-state index in [1.807, 2.05) is 6.08 Å². The fourth-order valence-electron chi connectivity index (χ4n) is 4.76. The van der Waals surface area contributed by atoms with Crippen LogP contribution in [0, 0.1) is 5.92 Å². The van der Waals surface area contributed by atoms with Gasteiger partial charge in [-0.1, -0.05) is 36.5 Å². The van der Waals surface area contributed by atoms with Gasteiger partial charge in [0, 0.05) is 17.6 Å². The van der Waals surface area contributed by atoms with E-state index in [4.69, 9.17) is 0 Å². The molecule has 1 heterocycles. The number of allylic oxidation sites excluding steroid dienone is 1. The molecule has 1 rings (SSSR count). The molecule has 0 radical (unpaired) electrons. The summed E-state index contributed by atoms with van der Waals surface area (Å²) in [4.78, 5) is 2.66. The lowest BCUT2D eigenvalue weighted by Gasteiger charge is -2.61. The van der Waals surface area contributed by atoms with Crippen LogP contribution in [0.3, 0.4) is 0 Å². The van der Waals surface area contributed by atoms with Crippen LogP contribution in [0.2, 0.25) is 0 Å². The molecule has 0 aliphatic carbocycles. The van der Waals surface area contributed by atoms with Gasteiger partial charge in [-0.2, -0.15) is 0 Å². The highest BCUT2D eigenvalue weighted by molar-refractivity contribution is 5.16. The van der Waals surface area contributed by atoms with Crippen molar-refractivity contribution in [1.82, 2.24) is 4.90 Å². The van der Waals surface area contributed by atoms with Gasteiger partial charge in [-0.05, 0) is 50.9 Å². The van der Waals surface area contributed by atoms with Crippen molar-refractivity contribution in [3.05, 3.63) is 75.9 Å². The zero-order valence-electron chi connectivity index (χ0n) is 15.4. The minimum atomic E-state index is 0.0101. The largest absolute Gasteiger partial charge is 0.287 e. The Bertz CT molecular complexity index is 450. The molecule has 1 saturated heterocycles. The minimum absolute atomic E-state index is 0.0101. The van der Waals surface area contributed by atoms with Crippen molar-refractivity contribution in [1.29, 1.82) is 0 Å². The first-order valence-corrected chi connectivity index (χ1v) is 9.04. The van der Waals surface area contributed by atoms with Crippen LogP contribution >= 0.6 is 0 Å². The Morgan fingerprint density at radius 2 is 1.29 bits per heavy atom. The first-order chi connectivity index (χ1) is 11.6. The van der Waals surface area contributed by atoms with Crippen molar-refractivity contribution in [3.63, 3.8) is 0 Å². The number of piperidine rings is 1. The van der Waals surface area contributed by atoms with Crippen LogP contribution in [0.4, 0.5) is 0 Å². The molecule has 1 fully saturated rings. The standard InChI is InChI=1S/C23H35N/c1-7-13-21-14-19-22(15-8-2,16-9-3)24(20-12-6)23(21,17-10-4)18-11-5/h7-12,21H,1-6,13-20H2. The van der Waals surface area contributed by atoms with Gasteiger partial charge in [0.15, 0.2) is 0 Å². The molecule has 0 amide bonds. The highest BCUT2D eigenvalue weighted by Gasteiger charge is 2.52. The molecule has 1 aliphatic heterocycles. The predicted molar refractivity (Wildman–Crippen MR) is 109 cm³/mol. The van der Waals surface area contributed by atoms with Crippen LogP contribution < -0.4 is 0 Å². The summed E-state index contributed by atoms with van der Waals surface area (Å²) in [7, 11) is 0. The van der Waals surface area contributed by atoms with Crippen molar-refractivity contribution in [2.75, 3.05) is 6.54 Å². The second-order valence-corrected chi connectivity index (χ2v) is 6.96. The van der Waals surface area contributed by atoms with Crippen molar-refractivity contribution in [3.8, 4) is 0 Å². The fraction of sp³-hybridized carbons (Fsp3) is 0.478. The Balaban J connectivity index is 3.51. The number of rotatable bonds is 12. The van der Waals surface area contributed by atoms with E-state index >= 15 is 0 Å². The van der Waals surface area contributed by atoms with Crippen LogP contribution in [0.25, 0.3) is 0 Å². The number of hydrogen-bond donors (Lipinski definition) is 0. The summed E-state index contributed by atoms with van der Waals surface area (Å²) in [6.45, 7) is 25.1. The smallest absolute Gasteiger partial charge is 0.0318 e. The molecule has 24 heavy (non-hydrogen) atoms. The number of hydrogen-bond acceptors (Lipinski definition) is 1. The quantitative estimate of drug-likeness (QED) is 0.384. The summed E-state index contributed by atoms with van der Waals surface area (Å²) < 4.78 is 0. The van der Waals surface area contributed by atoms with Gasteiger partial charge in [0.2, 0.25) is 0 Å². The molecule has 132 valence electrons. The molecule has 1 heteroatoms. The van der Waals surface area contributed by atoms with Crippen LogP contribution in [0.15, 0.2) is 75.9 Å². The van der Waals surface area contributed by atoms with Crippen molar-refractivity contribution in [2.45, 2.75) is 56.0 Å². The Labute approximate surface area is 149 Å². The summed E-state index contributed by atoms with van der Waals surface area (Å²) in [6, 6.07) is 0. The summed E-state index contributed by atoms with van der Waals surface area (Å²) in [6.07, 6.45) is 19.5. The Kier molecular flexibility index (Phi) is 8.21. The van der Waals surface area contributed by atoms with Crippen molar-refractivity contribution in [2.24, 2.45) is 5.92 Å². The molecule has 0 aromatic rings. The van der Waals surface area contributed by atoms with E-state index in [9.17, 15) is 0 Å². The van der Waals surface area contributed by atoms with E-state index in [-0.39, 0.29) is 11.1 Å². The first kappa shape index (κ1) is 20.4. The summed E-state index contributed by atoms with van der Waals surface area (Å²) >= 11 is 0. The maximum atomic E-state index is 4.06. The van der Waals surface area contributed by atoms with Gasteiger partial charge >= 0.3 is 0 Å². The molecule has 1 atom stereocenters. The molecule has 1 aliphatic rings. The van der Waals surface area contributed by atoms with Crippen molar-refractivity contribution >= 4 is 0 Å². The molecular weight excluding hydrogens is 290 g/mol. The normalized spacial score (nSPS) is 22.2. The monoisotopic (exact) mass is 325 g/mol. The number of nitrogens with zero attached hydrogens (tertiary/aromatic N) is 1. The SMILES string of the molecule is C=CCC1CCC(CC=C)(CC=C)N(CC=C)C1(CC=C)CC=C. The van der Waals surface area contributed by atoms with Gasteiger partial charge in [-0.15, -0.1) is 39.5 Å². The van der Waals surface area contributed by atoms with Gasteiger partial charge in [0.1, 0.15) is 0 Å². The minimum Gasteiger partial charge on any atom is -0.287 e. The van der Waals surface area contributed by atoms with Gasteiger partial charge < -0.3 is 0 Å². The third-order valence-electron chi connectivity index (χ3n) is 5.64. The zero-order chi connectivity index (χ0) is 18.1. The van der Waals surface area contributed by atoms with Crippen LogP contribution in [-0.2, 0) is 0 Å². The van der Waals surface area contributed by atoms with E-state index in [0.717, 1.165) is 45.1 Å². The maximum Gasteiger partial charge on any atom is 0.0318 e. The molecular formula is C23H35N. The van der Waals surface area contributed by atoms with Gasteiger partial charge in [0.05, 0.1) is 0 Å². The van der Waals surface area contributed by atoms with Gasteiger partial charge in [-0.3, -0.25) is 4.90 Å². The molecule has 1 unspecified atom stereocenters. The Morgan fingerprint density at radius 3 is 1.71 bits per heavy atom. The molecule has 0 bridgehead atoms. The van der Waals surface area contributed by atoms with E-state index in [2.05, 4.69) is 74.8 Å². The Morgan fingerprint density at radius 1 is 0.750 bits per heavy atom. The first-order valence-electron chi connectivity index (χ1n) is 9.04. The Hall–Kier alpha value is -1.60. The second kappa shape index (κ2) is 9.64. The maximum absolute atomic E-state index is 4.06. The summed E-state index contributed by atoms with van der Waals surface area (Å²) in [5.74, 6) is 0.550. The molecule has 0 N–H and O–H groups in total. The van der Waals surface area contributed by atoms with E-state index in [1.54, 1.807) is 0 Å². The molecule has 0 spiro atoms. The lowest BCUT2D eigenvalue weighted by molar-refractivity contribution is -0.0881. The van der Waals surface area contributed by atoms with Gasteiger partial charge in [-0.25, -0.2) is 0 Å². The van der Waals surface area contributed by atoms with Crippen molar-refractivity contribution < 1.29 is 0 Å². The summed E-state index contributed by atoms with van der Waals surface area (Å²) in [5, 5.41) is 0. The van der Waals surface area contributed by atoms with Crippen LogP contribution in [-0.4, -0.2) is 22.5 Å². The lowest BCUT2D eigenvalue weighted by Crippen LogP contribution is -2.66. The molecule has 1 nitrogen and oxygen atoms in total. The van der Waals surface area contributed by atoms with Gasteiger partial charge in [0.25, 0.3) is 0 Å². The van der Waals surface area contributed by atoms with E-state index < -0.39 is 0 Å². The highest BCUT2D eigenvalue weighted by atomic mass is 15.3. The molecule has 0 aromatic carbocycles. The fourth-order valence-corrected chi connectivity index (χ4v) is 4.76. The molecule has 0 aromatic heterocycles. The average Bonchev–Trinajstić information content (AvgIpc) is 2.55. The lowest BCUT2D eigenvalue weighted by atomic mass is 9.63. The highest BCUT2D eigenvalue weighted by Crippen LogP contribution is 2.50. The zero-order valence-corrected chi connectivity index (χ0v) is 15.4. The third kappa shape index (κ3) is 3.89. The summed E-state index contributed by atoms with van der Waals surface area (Å²) in [5.41, 5.74) is 0.0670.